The Bertz CT molecular complexity index is 1210. The summed E-state index contributed by atoms with van der Waals surface area (Å²) in [4.78, 5) is 20.0. The fourth-order valence-corrected chi connectivity index (χ4v) is 7.58. The second kappa shape index (κ2) is 9.67. The van der Waals surface area contributed by atoms with Crippen LogP contribution in [-0.2, 0) is 0 Å². The van der Waals surface area contributed by atoms with Crippen molar-refractivity contribution < 1.29 is 14.4 Å². The van der Waals surface area contributed by atoms with E-state index in [9.17, 15) is 10.1 Å². The average molecular weight is 459 g/mol. The second-order valence-corrected chi connectivity index (χ2v) is 10.3. The molecule has 0 radical (unpaired) electrons. The molecule has 0 fully saturated rings. The van der Waals surface area contributed by atoms with Gasteiger partial charge in [-0.05, 0) is 28.6 Å². The number of rotatable bonds is 7. The maximum absolute atomic E-state index is 12.1. The third-order valence-electron chi connectivity index (χ3n) is 5.22. The van der Waals surface area contributed by atoms with Gasteiger partial charge in [0.2, 0.25) is 0 Å². The highest BCUT2D eigenvalue weighted by Gasteiger charge is 2.31. The number of benzene rings is 3. The lowest BCUT2D eigenvalue weighted by Crippen LogP contribution is -2.27. The van der Waals surface area contributed by atoms with Crippen LogP contribution < -0.4 is 25.4 Å². The van der Waals surface area contributed by atoms with Crippen molar-refractivity contribution in [1.82, 2.24) is 9.97 Å². The lowest BCUT2D eigenvalue weighted by molar-refractivity contribution is -0.386. The Morgan fingerprint density at radius 1 is 0.758 bits per heavy atom. The molecular weight excluding hydrogens is 437 g/mol. The maximum Gasteiger partial charge on any atom is 0.356 e. The van der Waals surface area contributed by atoms with Crippen LogP contribution in [0.5, 0.6) is 11.9 Å². The molecule has 3 aromatic carbocycles. The van der Waals surface area contributed by atoms with Crippen molar-refractivity contribution in [2.75, 3.05) is 14.2 Å². The number of aromatic nitrogens is 2. The number of nitrogens with zero attached hydrogens (tertiary/aromatic N) is 3. The Balaban J connectivity index is 2.21. The quantitative estimate of drug-likeness (QED) is 0.239. The van der Waals surface area contributed by atoms with Gasteiger partial charge in [-0.1, -0.05) is 91.0 Å². The zero-order valence-electron chi connectivity index (χ0n) is 18.2. The molecule has 0 spiro atoms. The predicted octanol–water partition coefficient (Wildman–Crippen LogP) is 3.55. The van der Waals surface area contributed by atoms with Crippen LogP contribution in [0.15, 0.2) is 91.0 Å². The summed E-state index contributed by atoms with van der Waals surface area (Å²) in [5.74, 6) is 1.75. The number of methoxy groups -OCH3 is 2. The summed E-state index contributed by atoms with van der Waals surface area (Å²) in [5, 5.41) is 15.2. The van der Waals surface area contributed by atoms with Crippen LogP contribution in [0.25, 0.3) is 0 Å². The van der Waals surface area contributed by atoms with Crippen molar-refractivity contribution in [1.29, 1.82) is 0 Å². The molecule has 0 aliphatic heterocycles. The molecule has 33 heavy (non-hydrogen) atoms. The van der Waals surface area contributed by atoms with Crippen molar-refractivity contribution >= 4 is 34.3 Å². The highest BCUT2D eigenvalue weighted by molar-refractivity contribution is 7.94. The first-order valence-electron chi connectivity index (χ1n) is 10.2. The summed E-state index contributed by atoms with van der Waals surface area (Å²) in [6, 6.07) is 30.0. The SMILES string of the molecule is COc1nc(C=P(c2ccccc2)(c2ccccc2)c2ccccc2)c([N+](=O)[O-])c(OC)n1. The molecule has 0 amide bonds. The predicted molar refractivity (Wildman–Crippen MR) is 132 cm³/mol. The van der Waals surface area contributed by atoms with Gasteiger partial charge in [0, 0.05) is 0 Å². The average Bonchev–Trinajstić information content (AvgIpc) is 2.88. The summed E-state index contributed by atoms with van der Waals surface area (Å²) in [6.07, 6.45) is 0. The molecule has 1 heterocycles. The molecule has 0 aliphatic carbocycles. The molecule has 0 N–H and O–H groups in total. The van der Waals surface area contributed by atoms with Crippen molar-refractivity contribution in [2.24, 2.45) is 0 Å². The molecule has 0 saturated heterocycles. The smallest absolute Gasteiger partial charge is 0.356 e. The van der Waals surface area contributed by atoms with E-state index < -0.39 is 11.8 Å². The standard InChI is InChI=1S/C25H22N3O4P/c1-31-24-23(28(29)30)22(26-25(27-24)32-2)18-33(19-12-6-3-7-13-19,20-14-8-4-9-15-20)21-16-10-5-11-17-21/h3-18H,1-2H3. The van der Waals surface area contributed by atoms with Gasteiger partial charge < -0.3 is 9.47 Å². The van der Waals surface area contributed by atoms with E-state index in [0.717, 1.165) is 15.9 Å². The molecular formula is C25H22N3O4P. The lowest BCUT2D eigenvalue weighted by atomic mass is 10.3. The van der Waals surface area contributed by atoms with Gasteiger partial charge in [-0.15, -0.1) is 0 Å². The molecule has 166 valence electrons. The van der Waals surface area contributed by atoms with E-state index in [1.807, 2.05) is 96.8 Å². The van der Waals surface area contributed by atoms with Crippen molar-refractivity contribution in [3.8, 4) is 11.9 Å². The Morgan fingerprint density at radius 3 is 1.58 bits per heavy atom. The molecule has 1 aromatic heterocycles. The van der Waals surface area contributed by atoms with Gasteiger partial charge in [-0.25, -0.2) is 0 Å². The van der Waals surface area contributed by atoms with E-state index in [2.05, 4.69) is 9.97 Å². The zero-order valence-corrected chi connectivity index (χ0v) is 19.1. The fraction of sp³-hybridized carbons (Fsp3) is 0.0800. The second-order valence-electron chi connectivity index (χ2n) is 7.07. The van der Waals surface area contributed by atoms with Crippen LogP contribution in [0.1, 0.15) is 5.69 Å². The van der Waals surface area contributed by atoms with Crippen molar-refractivity contribution in [3.63, 3.8) is 0 Å². The molecule has 8 heteroatoms. The molecule has 0 unspecified atom stereocenters. The number of hydrogen-bond acceptors (Lipinski definition) is 6. The van der Waals surface area contributed by atoms with Crippen molar-refractivity contribution in [2.45, 2.75) is 0 Å². The summed E-state index contributed by atoms with van der Waals surface area (Å²) in [7, 11) is 2.75. The topological polar surface area (TPSA) is 87.4 Å². The monoisotopic (exact) mass is 459 g/mol. The van der Waals surface area contributed by atoms with E-state index in [1.54, 1.807) is 0 Å². The van der Waals surface area contributed by atoms with Crippen LogP contribution >= 0.6 is 6.89 Å². The van der Waals surface area contributed by atoms with Gasteiger partial charge in [-0.3, -0.25) is 10.1 Å². The highest BCUT2D eigenvalue weighted by atomic mass is 31.2. The molecule has 0 atom stereocenters. The minimum absolute atomic E-state index is 0.00372. The molecule has 4 aromatic rings. The molecule has 0 saturated carbocycles. The molecule has 7 nitrogen and oxygen atoms in total. The third-order valence-corrected chi connectivity index (χ3v) is 9.19. The number of hydrogen-bond donors (Lipinski definition) is 0. The fourth-order valence-electron chi connectivity index (χ4n) is 3.77. The summed E-state index contributed by atoms with van der Waals surface area (Å²) < 4.78 is 10.5. The first-order chi connectivity index (χ1) is 16.1. The number of ether oxygens (including phenoxy) is 2. The molecule has 4 rings (SSSR count). The minimum Gasteiger partial charge on any atom is -0.476 e. The summed E-state index contributed by atoms with van der Waals surface area (Å²) >= 11 is 0. The van der Waals surface area contributed by atoms with Crippen LogP contribution in [0, 0.1) is 10.1 Å². The van der Waals surface area contributed by atoms with Gasteiger partial charge in [0.1, 0.15) is 0 Å². The van der Waals surface area contributed by atoms with Gasteiger partial charge in [-0.2, -0.15) is 9.97 Å². The van der Waals surface area contributed by atoms with E-state index >= 15 is 0 Å². The summed E-state index contributed by atoms with van der Waals surface area (Å²) in [6.45, 7) is -2.53. The minimum atomic E-state index is -2.53. The van der Waals surface area contributed by atoms with Crippen molar-refractivity contribution in [3.05, 3.63) is 107 Å². The van der Waals surface area contributed by atoms with E-state index in [1.165, 1.54) is 14.2 Å². The Hall–Kier alpha value is -3.96. The maximum atomic E-state index is 12.1. The van der Waals surface area contributed by atoms with Crippen LogP contribution in [0.2, 0.25) is 0 Å². The van der Waals surface area contributed by atoms with Gasteiger partial charge in [0.15, 0.2) is 5.69 Å². The Kier molecular flexibility index (Phi) is 6.52. The van der Waals surface area contributed by atoms with Gasteiger partial charge in [0.05, 0.1) is 19.1 Å². The summed E-state index contributed by atoms with van der Waals surface area (Å²) in [5.41, 5.74) is -0.154. The first kappa shape index (κ1) is 22.2. The Labute approximate surface area is 191 Å². The molecule has 0 bridgehead atoms. The lowest BCUT2D eigenvalue weighted by Gasteiger charge is -2.28. The zero-order chi connectivity index (χ0) is 23.3. The van der Waals surface area contributed by atoms with Crippen LogP contribution in [-0.4, -0.2) is 34.9 Å². The molecule has 0 aliphatic rings. The van der Waals surface area contributed by atoms with Crippen LogP contribution in [0.4, 0.5) is 5.69 Å². The third kappa shape index (κ3) is 4.23. The first-order valence-corrected chi connectivity index (χ1v) is 12.0. The number of nitro groups is 1. The van der Waals surface area contributed by atoms with Gasteiger partial charge >= 0.3 is 17.6 Å². The Morgan fingerprint density at radius 2 is 1.21 bits per heavy atom. The van der Waals surface area contributed by atoms with E-state index in [0.29, 0.717) is 0 Å². The van der Waals surface area contributed by atoms with E-state index in [4.69, 9.17) is 9.47 Å². The van der Waals surface area contributed by atoms with E-state index in [-0.39, 0.29) is 23.3 Å². The largest absolute Gasteiger partial charge is 0.476 e. The highest BCUT2D eigenvalue weighted by Crippen LogP contribution is 2.45. The normalized spacial score (nSPS) is 11.0. The van der Waals surface area contributed by atoms with Gasteiger partial charge in [0.25, 0.3) is 0 Å². The van der Waals surface area contributed by atoms with Crippen LogP contribution in [0.3, 0.4) is 0 Å².